The van der Waals surface area contributed by atoms with Crippen molar-refractivity contribution in [3.8, 4) is 0 Å². The molecule has 0 bridgehead atoms. The summed E-state index contributed by atoms with van der Waals surface area (Å²) in [6, 6.07) is 8.16. The highest BCUT2D eigenvalue weighted by atomic mass is 79.9. The number of hydrogen-bond acceptors (Lipinski definition) is 4. The Hall–Kier alpha value is -1.66. The minimum atomic E-state index is 0.177. The normalized spacial score (nSPS) is 18.3. The van der Waals surface area contributed by atoms with Gasteiger partial charge in [0.25, 0.3) is 0 Å². The second-order valence-corrected chi connectivity index (χ2v) is 6.10. The Morgan fingerprint density at radius 3 is 2.95 bits per heavy atom. The van der Waals surface area contributed by atoms with Gasteiger partial charge in [0, 0.05) is 40.4 Å². The molecule has 3 rings (SSSR count). The van der Waals surface area contributed by atoms with Crippen LogP contribution in [0.2, 0.25) is 0 Å². The number of aromatic amines is 1. The SMILES string of the molecule is CC1c2c(Nc3ccc(Br)cc3)n[nH]c2CCN1CC=O. The zero-order valence-electron chi connectivity index (χ0n) is 11.8. The smallest absolute Gasteiger partial charge is 0.157 e. The topological polar surface area (TPSA) is 61.0 Å². The monoisotopic (exact) mass is 348 g/mol. The number of benzene rings is 1. The molecule has 0 radical (unpaired) electrons. The maximum atomic E-state index is 10.8. The van der Waals surface area contributed by atoms with E-state index in [1.807, 2.05) is 24.3 Å². The van der Waals surface area contributed by atoms with Crippen LogP contribution in [0.25, 0.3) is 0 Å². The summed E-state index contributed by atoms with van der Waals surface area (Å²) in [6.45, 7) is 3.46. The van der Waals surface area contributed by atoms with Gasteiger partial charge < -0.3 is 10.1 Å². The highest BCUT2D eigenvalue weighted by Crippen LogP contribution is 2.34. The summed E-state index contributed by atoms with van der Waals surface area (Å²) in [6.07, 6.45) is 1.85. The largest absolute Gasteiger partial charge is 0.338 e. The van der Waals surface area contributed by atoms with Crippen LogP contribution in [0.4, 0.5) is 11.5 Å². The summed E-state index contributed by atoms with van der Waals surface area (Å²) in [5.41, 5.74) is 3.31. The van der Waals surface area contributed by atoms with Gasteiger partial charge in [-0.15, -0.1) is 0 Å². The van der Waals surface area contributed by atoms with Gasteiger partial charge >= 0.3 is 0 Å². The summed E-state index contributed by atoms with van der Waals surface area (Å²) in [5.74, 6) is 0.843. The fourth-order valence-corrected chi connectivity index (χ4v) is 3.03. The number of hydrogen-bond donors (Lipinski definition) is 2. The lowest BCUT2D eigenvalue weighted by atomic mass is 9.99. The molecule has 6 heteroatoms. The quantitative estimate of drug-likeness (QED) is 0.833. The van der Waals surface area contributed by atoms with Gasteiger partial charge in [-0.2, -0.15) is 5.10 Å². The number of carbonyl (C=O) groups is 1. The molecule has 1 aromatic heterocycles. The van der Waals surface area contributed by atoms with Gasteiger partial charge in [-0.1, -0.05) is 15.9 Å². The molecule has 2 heterocycles. The van der Waals surface area contributed by atoms with Crippen molar-refractivity contribution in [1.29, 1.82) is 0 Å². The van der Waals surface area contributed by atoms with E-state index in [2.05, 4.69) is 43.3 Å². The summed E-state index contributed by atoms with van der Waals surface area (Å²) >= 11 is 3.43. The molecule has 0 saturated carbocycles. The molecule has 0 aliphatic carbocycles. The Bertz CT molecular complexity index is 638. The first-order valence-corrected chi connectivity index (χ1v) is 7.75. The molecule has 110 valence electrons. The number of nitrogens with one attached hydrogen (secondary N) is 2. The molecule has 0 amide bonds. The molecule has 1 aromatic carbocycles. The van der Waals surface area contributed by atoms with Crippen molar-refractivity contribution in [2.24, 2.45) is 0 Å². The Morgan fingerprint density at radius 2 is 2.24 bits per heavy atom. The number of anilines is 2. The molecule has 1 unspecified atom stereocenters. The Labute approximate surface area is 131 Å². The van der Waals surface area contributed by atoms with Crippen molar-refractivity contribution in [1.82, 2.24) is 15.1 Å². The average Bonchev–Trinajstić information content (AvgIpc) is 2.88. The summed E-state index contributed by atoms with van der Waals surface area (Å²) in [5, 5.41) is 10.9. The highest BCUT2D eigenvalue weighted by Gasteiger charge is 2.28. The van der Waals surface area contributed by atoms with Crippen LogP contribution in [-0.2, 0) is 11.2 Å². The lowest BCUT2D eigenvalue weighted by molar-refractivity contribution is -0.109. The molecule has 1 atom stereocenters. The first-order valence-electron chi connectivity index (χ1n) is 6.96. The molecule has 0 spiro atoms. The van der Waals surface area contributed by atoms with E-state index in [0.29, 0.717) is 6.54 Å². The number of H-pyrrole nitrogens is 1. The number of halogens is 1. The van der Waals surface area contributed by atoms with Gasteiger partial charge in [0.05, 0.1) is 6.54 Å². The Morgan fingerprint density at radius 1 is 1.48 bits per heavy atom. The zero-order valence-corrected chi connectivity index (χ0v) is 13.4. The van der Waals surface area contributed by atoms with Gasteiger partial charge in [0.1, 0.15) is 6.29 Å². The van der Waals surface area contributed by atoms with E-state index in [0.717, 1.165) is 46.5 Å². The van der Waals surface area contributed by atoms with Crippen molar-refractivity contribution in [2.45, 2.75) is 19.4 Å². The second kappa shape index (κ2) is 5.99. The molecule has 5 nitrogen and oxygen atoms in total. The van der Waals surface area contributed by atoms with Gasteiger partial charge in [0.15, 0.2) is 5.82 Å². The van der Waals surface area contributed by atoms with E-state index in [1.165, 1.54) is 0 Å². The Kier molecular flexibility index (Phi) is 4.07. The van der Waals surface area contributed by atoms with Crippen LogP contribution < -0.4 is 5.32 Å². The summed E-state index contributed by atoms with van der Waals surface area (Å²) < 4.78 is 1.04. The van der Waals surface area contributed by atoms with Crippen LogP contribution in [0.5, 0.6) is 0 Å². The first-order chi connectivity index (χ1) is 10.2. The van der Waals surface area contributed by atoms with E-state index in [4.69, 9.17) is 0 Å². The predicted octanol–water partition coefficient (Wildman–Crippen LogP) is 3.03. The number of aldehydes is 1. The summed E-state index contributed by atoms with van der Waals surface area (Å²) in [7, 11) is 0. The van der Waals surface area contributed by atoms with E-state index >= 15 is 0 Å². The van der Waals surface area contributed by atoms with E-state index in [1.54, 1.807) is 0 Å². The van der Waals surface area contributed by atoms with Gasteiger partial charge in [-0.05, 0) is 31.2 Å². The van der Waals surface area contributed by atoms with Crippen molar-refractivity contribution in [2.75, 3.05) is 18.4 Å². The van der Waals surface area contributed by atoms with Gasteiger partial charge in [-0.3, -0.25) is 10.00 Å². The fourth-order valence-electron chi connectivity index (χ4n) is 2.77. The van der Waals surface area contributed by atoms with Crippen molar-refractivity contribution < 1.29 is 4.79 Å². The molecule has 0 saturated heterocycles. The van der Waals surface area contributed by atoms with Crippen LogP contribution in [0, 0.1) is 0 Å². The fraction of sp³-hybridized carbons (Fsp3) is 0.333. The maximum absolute atomic E-state index is 10.8. The second-order valence-electron chi connectivity index (χ2n) is 5.18. The van der Waals surface area contributed by atoms with Gasteiger partial charge in [-0.25, -0.2) is 0 Å². The number of aromatic nitrogens is 2. The highest BCUT2D eigenvalue weighted by molar-refractivity contribution is 9.10. The Balaban J connectivity index is 1.86. The first kappa shape index (κ1) is 14.3. The number of fused-ring (bicyclic) bond motifs is 1. The molecule has 21 heavy (non-hydrogen) atoms. The van der Waals surface area contributed by atoms with Crippen molar-refractivity contribution >= 4 is 33.7 Å². The standard InChI is InChI=1S/C15H17BrN4O/c1-10-14-13(6-7-20(10)8-9-21)18-19-15(14)17-12-4-2-11(16)3-5-12/h2-5,9-10H,6-8H2,1H3,(H2,17,18,19). The van der Waals surface area contributed by atoms with E-state index in [9.17, 15) is 4.79 Å². The predicted molar refractivity (Wildman–Crippen MR) is 85.8 cm³/mol. The molecular formula is C15H17BrN4O. The molecule has 2 aromatic rings. The van der Waals surface area contributed by atoms with Crippen LogP contribution in [0.3, 0.4) is 0 Å². The number of nitrogens with zero attached hydrogens (tertiary/aromatic N) is 2. The van der Waals surface area contributed by atoms with E-state index in [-0.39, 0.29) is 6.04 Å². The molecule has 1 aliphatic rings. The van der Waals surface area contributed by atoms with Crippen LogP contribution in [0.15, 0.2) is 28.7 Å². The van der Waals surface area contributed by atoms with Crippen molar-refractivity contribution in [3.05, 3.63) is 40.0 Å². The molecule has 1 aliphatic heterocycles. The van der Waals surface area contributed by atoms with Crippen LogP contribution in [-0.4, -0.2) is 34.5 Å². The third-order valence-corrected chi connectivity index (χ3v) is 4.44. The van der Waals surface area contributed by atoms with E-state index < -0.39 is 0 Å². The molecule has 0 fully saturated rings. The third kappa shape index (κ3) is 2.87. The zero-order chi connectivity index (χ0) is 14.8. The maximum Gasteiger partial charge on any atom is 0.157 e. The van der Waals surface area contributed by atoms with Crippen LogP contribution >= 0.6 is 15.9 Å². The lowest BCUT2D eigenvalue weighted by Crippen LogP contribution is -2.35. The summed E-state index contributed by atoms with van der Waals surface area (Å²) in [4.78, 5) is 13.0. The van der Waals surface area contributed by atoms with Crippen molar-refractivity contribution in [3.63, 3.8) is 0 Å². The van der Waals surface area contributed by atoms with Crippen LogP contribution in [0.1, 0.15) is 24.2 Å². The molecule has 2 N–H and O–H groups in total. The minimum Gasteiger partial charge on any atom is -0.338 e. The van der Waals surface area contributed by atoms with Gasteiger partial charge in [0.2, 0.25) is 0 Å². The number of carbonyl (C=O) groups excluding carboxylic acids is 1. The lowest BCUT2D eigenvalue weighted by Gasteiger charge is -2.32. The number of rotatable bonds is 4. The third-order valence-electron chi connectivity index (χ3n) is 3.91. The molecular weight excluding hydrogens is 332 g/mol. The minimum absolute atomic E-state index is 0.177. The average molecular weight is 349 g/mol.